The molecule has 0 radical (unpaired) electrons. The number of phenols is 1. The lowest BCUT2D eigenvalue weighted by atomic mass is 10.2. The van der Waals surface area contributed by atoms with Crippen LogP contribution in [0.1, 0.15) is 47.5 Å². The largest absolute Gasteiger partial charge is 0.508 e. The van der Waals surface area contributed by atoms with E-state index in [0.717, 1.165) is 28.3 Å². The third kappa shape index (κ3) is 13.3. The van der Waals surface area contributed by atoms with E-state index in [1.165, 1.54) is 48.1 Å². The number of halogens is 7. The van der Waals surface area contributed by atoms with Crippen LogP contribution >= 0.6 is 39.1 Å². The van der Waals surface area contributed by atoms with Crippen LogP contribution in [0, 0.1) is 22.7 Å². The topological polar surface area (TPSA) is 165 Å². The van der Waals surface area contributed by atoms with E-state index in [2.05, 4.69) is 25.9 Å². The highest BCUT2D eigenvalue weighted by Gasteiger charge is 2.34. The number of ether oxygens (including phenoxy) is 3. The third-order valence-corrected chi connectivity index (χ3v) is 9.22. The summed E-state index contributed by atoms with van der Waals surface area (Å²) in [6, 6.07) is 26.0. The third-order valence-electron chi connectivity index (χ3n) is 8.07. The quantitative estimate of drug-likeness (QED) is 0.131. The number of benzene rings is 4. The molecular weight excluding hydrogens is 911 g/mol. The van der Waals surface area contributed by atoms with Gasteiger partial charge in [0.1, 0.15) is 33.2 Å². The SMILES string of the molecule is COc1ccc(Cn2cnc(C(C)(F)F)c(Br)c2=O)cc1.COc1ccc(Cn2cnc(C(C)(F)F)c(Oc3cc(Cl)cc(C#N)c3)c2=O)cc1.N#Cc1cc(O)cc(Cl)c1. The zero-order valence-corrected chi connectivity index (χ0v) is 35.6. The van der Waals surface area contributed by atoms with E-state index in [-0.39, 0.29) is 39.6 Å². The number of methoxy groups -OCH3 is 2. The van der Waals surface area contributed by atoms with Gasteiger partial charge >= 0.3 is 0 Å². The molecule has 0 saturated heterocycles. The molecule has 61 heavy (non-hydrogen) atoms. The summed E-state index contributed by atoms with van der Waals surface area (Å²) < 4.78 is 72.5. The molecule has 0 unspecified atom stereocenters. The Morgan fingerprint density at radius 2 is 1.13 bits per heavy atom. The van der Waals surface area contributed by atoms with Crippen LogP contribution in [-0.2, 0) is 24.9 Å². The second-order valence-electron chi connectivity index (χ2n) is 12.9. The first-order valence-corrected chi connectivity index (χ1v) is 19.0. The lowest BCUT2D eigenvalue weighted by molar-refractivity contribution is 0.00981. The van der Waals surface area contributed by atoms with E-state index >= 15 is 0 Å². The van der Waals surface area contributed by atoms with Crippen LogP contribution in [0.2, 0.25) is 10.0 Å². The fourth-order valence-electron chi connectivity index (χ4n) is 5.17. The molecule has 0 saturated carbocycles. The molecule has 0 aliphatic rings. The van der Waals surface area contributed by atoms with Gasteiger partial charge < -0.3 is 19.3 Å². The summed E-state index contributed by atoms with van der Waals surface area (Å²) in [5.41, 5.74) is -0.614. The zero-order valence-electron chi connectivity index (χ0n) is 32.5. The van der Waals surface area contributed by atoms with Crippen molar-refractivity contribution in [2.45, 2.75) is 38.8 Å². The summed E-state index contributed by atoms with van der Waals surface area (Å²) in [7, 11) is 3.09. The molecule has 19 heteroatoms. The molecule has 0 aliphatic heterocycles. The maximum Gasteiger partial charge on any atom is 0.297 e. The van der Waals surface area contributed by atoms with Crippen LogP contribution in [-0.4, -0.2) is 38.4 Å². The van der Waals surface area contributed by atoms with Gasteiger partial charge in [-0.25, -0.2) is 9.97 Å². The Morgan fingerprint density at radius 3 is 1.57 bits per heavy atom. The highest BCUT2D eigenvalue weighted by molar-refractivity contribution is 9.10. The van der Waals surface area contributed by atoms with Crippen LogP contribution in [0.4, 0.5) is 17.6 Å². The summed E-state index contributed by atoms with van der Waals surface area (Å²) in [6.45, 7) is 1.65. The molecule has 4 aromatic carbocycles. The minimum atomic E-state index is -3.43. The van der Waals surface area contributed by atoms with Crippen molar-refractivity contribution in [2.75, 3.05) is 14.2 Å². The van der Waals surface area contributed by atoms with Crippen molar-refractivity contribution in [1.29, 1.82) is 10.5 Å². The van der Waals surface area contributed by atoms with Gasteiger partial charge in [-0.2, -0.15) is 28.1 Å². The summed E-state index contributed by atoms with van der Waals surface area (Å²) in [6.07, 6.45) is 2.18. The molecule has 0 fully saturated rings. The normalized spacial score (nSPS) is 10.8. The van der Waals surface area contributed by atoms with Gasteiger partial charge in [0.25, 0.3) is 23.0 Å². The zero-order chi connectivity index (χ0) is 45.1. The molecule has 2 aromatic heterocycles. The highest BCUT2D eigenvalue weighted by atomic mass is 79.9. The van der Waals surface area contributed by atoms with E-state index in [0.29, 0.717) is 35.9 Å². The molecule has 6 aromatic rings. The second kappa shape index (κ2) is 20.7. The van der Waals surface area contributed by atoms with Gasteiger partial charge in [-0.1, -0.05) is 47.5 Å². The van der Waals surface area contributed by atoms with Crippen LogP contribution in [0.15, 0.2) is 112 Å². The van der Waals surface area contributed by atoms with E-state index in [1.54, 1.807) is 55.6 Å². The molecule has 0 atom stereocenters. The Bertz CT molecular complexity index is 2670. The summed E-state index contributed by atoms with van der Waals surface area (Å²) in [5, 5.41) is 26.9. The van der Waals surface area contributed by atoms with Gasteiger partial charge in [0.2, 0.25) is 5.75 Å². The van der Waals surface area contributed by atoms with Crippen molar-refractivity contribution < 1.29 is 36.9 Å². The van der Waals surface area contributed by atoms with E-state index in [1.807, 2.05) is 12.1 Å². The second-order valence-corrected chi connectivity index (χ2v) is 14.5. The summed E-state index contributed by atoms with van der Waals surface area (Å²) in [5.74, 6) is -5.89. The van der Waals surface area contributed by atoms with Gasteiger partial charge in [0.15, 0.2) is 5.69 Å². The number of nitriles is 2. The Morgan fingerprint density at radius 1 is 0.689 bits per heavy atom. The standard InChI is InChI=1S/C21H16ClF2N3O3.C14H13BrF2N2O2.C7H4ClNO/c1-21(23,24)19-18(30-17-8-14(10-25)7-15(22)9-17)20(28)27(12-26-19)11-13-3-5-16(29-2)6-4-13;1-14(16,17)12-11(15)13(20)19(8-18-12)7-9-3-5-10(21-2)6-4-9;8-6-1-5(4-9)2-7(10)3-6/h3-9,12H,11H2,1-2H3;3-6,8H,7H2,1-2H3;1-3,10H. The molecule has 316 valence electrons. The molecule has 6 rings (SSSR count). The Balaban J connectivity index is 0.000000228. The van der Waals surface area contributed by atoms with Crippen LogP contribution < -0.4 is 25.3 Å². The van der Waals surface area contributed by atoms with Crippen LogP contribution in [0.25, 0.3) is 0 Å². The van der Waals surface area contributed by atoms with Crippen molar-refractivity contribution in [3.05, 3.63) is 166 Å². The van der Waals surface area contributed by atoms with Crippen LogP contribution in [0.5, 0.6) is 28.7 Å². The Kier molecular flexibility index (Phi) is 16.1. The van der Waals surface area contributed by atoms with Gasteiger partial charge in [-0.05, 0) is 87.7 Å². The lowest BCUT2D eigenvalue weighted by Crippen LogP contribution is -2.27. The molecule has 0 spiro atoms. The maximum atomic E-state index is 14.1. The molecule has 1 N–H and O–H groups in total. The number of hydrogen-bond donors (Lipinski definition) is 1. The van der Waals surface area contributed by atoms with E-state index < -0.39 is 40.1 Å². The number of aromatic nitrogens is 4. The number of phenolic OH excluding ortho intramolecular Hbond substituents is 1. The first kappa shape index (κ1) is 47.3. The predicted molar refractivity (Wildman–Crippen MR) is 222 cm³/mol. The molecule has 12 nitrogen and oxygen atoms in total. The Labute approximate surface area is 364 Å². The van der Waals surface area contributed by atoms with Crippen molar-refractivity contribution in [3.8, 4) is 40.9 Å². The monoisotopic (exact) mass is 942 g/mol. The number of hydrogen-bond acceptors (Lipinski definition) is 10. The Hall–Kier alpha value is -6.40. The fourth-order valence-corrected chi connectivity index (χ4v) is 6.30. The average molecular weight is 945 g/mol. The van der Waals surface area contributed by atoms with Gasteiger partial charge in [-0.15, -0.1) is 0 Å². The maximum absolute atomic E-state index is 14.1. The predicted octanol–water partition coefficient (Wildman–Crippen LogP) is 9.82. The molecule has 2 heterocycles. The number of rotatable bonds is 10. The molecule has 0 amide bonds. The van der Waals surface area contributed by atoms with Gasteiger partial charge in [0.05, 0.1) is 63.2 Å². The first-order valence-electron chi connectivity index (χ1n) is 17.4. The number of nitrogens with zero attached hydrogens (tertiary/aromatic N) is 6. The van der Waals surface area contributed by atoms with E-state index in [4.69, 9.17) is 53.0 Å². The molecular formula is C42H33BrCl2F4N6O6. The lowest BCUT2D eigenvalue weighted by Gasteiger charge is -2.17. The molecule has 0 aliphatic carbocycles. The van der Waals surface area contributed by atoms with Crippen LogP contribution in [0.3, 0.4) is 0 Å². The van der Waals surface area contributed by atoms with Crippen molar-refractivity contribution >= 4 is 39.1 Å². The summed E-state index contributed by atoms with van der Waals surface area (Å²) in [4.78, 5) is 32.5. The van der Waals surface area contributed by atoms with Crippen molar-refractivity contribution in [1.82, 2.24) is 19.1 Å². The van der Waals surface area contributed by atoms with Gasteiger partial charge in [0, 0.05) is 23.9 Å². The van der Waals surface area contributed by atoms with E-state index in [9.17, 15) is 27.2 Å². The molecule has 0 bridgehead atoms. The van der Waals surface area contributed by atoms with Crippen molar-refractivity contribution in [2.24, 2.45) is 0 Å². The highest BCUT2D eigenvalue weighted by Crippen LogP contribution is 2.34. The summed E-state index contributed by atoms with van der Waals surface area (Å²) >= 11 is 14.4. The number of alkyl halides is 4. The fraction of sp³-hybridized carbons (Fsp3) is 0.190. The smallest absolute Gasteiger partial charge is 0.297 e. The van der Waals surface area contributed by atoms with Gasteiger partial charge in [-0.3, -0.25) is 18.7 Å². The number of aromatic hydroxyl groups is 1. The minimum absolute atomic E-state index is 0.0176. The van der Waals surface area contributed by atoms with Crippen molar-refractivity contribution in [3.63, 3.8) is 0 Å². The first-order chi connectivity index (χ1) is 28.8. The minimum Gasteiger partial charge on any atom is -0.508 e. The average Bonchev–Trinajstić information content (AvgIpc) is 3.20.